The highest BCUT2D eigenvalue weighted by molar-refractivity contribution is 9.11. The van der Waals surface area contributed by atoms with Gasteiger partial charge in [0.25, 0.3) is 0 Å². The molecular formula is C16H24Br2N2O. The van der Waals surface area contributed by atoms with Crippen LogP contribution in [0.5, 0.6) is 5.75 Å². The van der Waals surface area contributed by atoms with Gasteiger partial charge in [-0.05, 0) is 89.8 Å². The molecule has 0 amide bonds. The Balaban J connectivity index is 1.95. The SMILES string of the molecule is CCOc1c(Br)cc(CNCC2(N(C)C)CCC2)cc1Br. The number of ether oxygens (including phenoxy) is 1. The van der Waals surface area contributed by atoms with Crippen molar-refractivity contribution in [3.63, 3.8) is 0 Å². The summed E-state index contributed by atoms with van der Waals surface area (Å²) >= 11 is 7.17. The Morgan fingerprint density at radius 2 is 1.86 bits per heavy atom. The van der Waals surface area contributed by atoms with Crippen molar-refractivity contribution in [1.82, 2.24) is 10.2 Å². The van der Waals surface area contributed by atoms with Gasteiger partial charge in [0.05, 0.1) is 15.6 Å². The Kier molecular flexibility index (Phi) is 6.12. The first-order chi connectivity index (χ1) is 9.98. The second-order valence-electron chi connectivity index (χ2n) is 5.90. The summed E-state index contributed by atoms with van der Waals surface area (Å²) in [5.41, 5.74) is 1.62. The van der Waals surface area contributed by atoms with Crippen LogP contribution in [0.3, 0.4) is 0 Å². The van der Waals surface area contributed by atoms with E-state index >= 15 is 0 Å². The minimum absolute atomic E-state index is 0.361. The van der Waals surface area contributed by atoms with Gasteiger partial charge in [0.2, 0.25) is 0 Å². The molecule has 1 aromatic carbocycles. The van der Waals surface area contributed by atoms with Gasteiger partial charge in [-0.3, -0.25) is 0 Å². The average Bonchev–Trinajstić information content (AvgIpc) is 2.36. The first kappa shape index (κ1) is 17.3. The first-order valence-corrected chi connectivity index (χ1v) is 9.06. The molecule has 5 heteroatoms. The topological polar surface area (TPSA) is 24.5 Å². The van der Waals surface area contributed by atoms with Gasteiger partial charge in [-0.25, -0.2) is 0 Å². The molecule has 1 aromatic rings. The minimum atomic E-state index is 0.361. The third kappa shape index (κ3) is 4.01. The molecule has 0 aliphatic heterocycles. The number of benzene rings is 1. The fourth-order valence-corrected chi connectivity index (χ4v) is 4.31. The maximum absolute atomic E-state index is 5.62. The van der Waals surface area contributed by atoms with E-state index in [9.17, 15) is 0 Å². The number of halogens is 2. The molecule has 2 rings (SSSR count). The molecule has 0 bridgehead atoms. The molecule has 0 radical (unpaired) electrons. The molecular weight excluding hydrogens is 396 g/mol. The normalized spacial score (nSPS) is 16.9. The lowest BCUT2D eigenvalue weighted by Gasteiger charge is -2.47. The average molecular weight is 420 g/mol. The van der Waals surface area contributed by atoms with Gasteiger partial charge in [-0.1, -0.05) is 0 Å². The van der Waals surface area contributed by atoms with Gasteiger partial charge in [-0.15, -0.1) is 0 Å². The maximum Gasteiger partial charge on any atom is 0.147 e. The van der Waals surface area contributed by atoms with Crippen LogP contribution in [0.4, 0.5) is 0 Å². The van der Waals surface area contributed by atoms with Crippen molar-refractivity contribution in [3.8, 4) is 5.75 Å². The van der Waals surface area contributed by atoms with E-state index in [-0.39, 0.29) is 0 Å². The van der Waals surface area contributed by atoms with Crippen molar-refractivity contribution in [3.05, 3.63) is 26.6 Å². The zero-order valence-corrected chi connectivity index (χ0v) is 16.2. The second kappa shape index (κ2) is 7.44. The Labute approximate surface area is 144 Å². The predicted octanol–water partition coefficient (Wildman–Crippen LogP) is 4.18. The van der Waals surface area contributed by atoms with Crippen molar-refractivity contribution in [2.45, 2.75) is 38.3 Å². The highest BCUT2D eigenvalue weighted by atomic mass is 79.9. The largest absolute Gasteiger partial charge is 0.492 e. The molecule has 0 aromatic heterocycles. The fraction of sp³-hybridized carbons (Fsp3) is 0.625. The molecule has 0 atom stereocenters. The van der Waals surface area contributed by atoms with Gasteiger partial charge in [0, 0.05) is 18.6 Å². The van der Waals surface area contributed by atoms with Gasteiger partial charge in [0.15, 0.2) is 0 Å². The smallest absolute Gasteiger partial charge is 0.147 e. The molecule has 1 fully saturated rings. The molecule has 21 heavy (non-hydrogen) atoms. The minimum Gasteiger partial charge on any atom is -0.492 e. The van der Waals surface area contributed by atoms with Gasteiger partial charge < -0.3 is 15.0 Å². The van der Waals surface area contributed by atoms with Crippen LogP contribution in [0.15, 0.2) is 21.1 Å². The summed E-state index contributed by atoms with van der Waals surface area (Å²) in [5, 5.41) is 3.61. The lowest BCUT2D eigenvalue weighted by Crippen LogP contribution is -2.56. The molecule has 0 heterocycles. The highest BCUT2D eigenvalue weighted by Crippen LogP contribution is 2.36. The molecule has 118 valence electrons. The van der Waals surface area contributed by atoms with Crippen LogP contribution in [0.25, 0.3) is 0 Å². The van der Waals surface area contributed by atoms with Crippen LogP contribution in [0.1, 0.15) is 31.7 Å². The van der Waals surface area contributed by atoms with E-state index in [2.05, 4.69) is 68.3 Å². The monoisotopic (exact) mass is 418 g/mol. The van der Waals surface area contributed by atoms with Crippen LogP contribution in [0.2, 0.25) is 0 Å². The van der Waals surface area contributed by atoms with E-state index < -0.39 is 0 Å². The number of hydrogen-bond donors (Lipinski definition) is 1. The van der Waals surface area contributed by atoms with Crippen molar-refractivity contribution in [1.29, 1.82) is 0 Å². The highest BCUT2D eigenvalue weighted by Gasteiger charge is 2.38. The Bertz CT molecular complexity index is 464. The van der Waals surface area contributed by atoms with E-state index in [0.717, 1.165) is 27.8 Å². The summed E-state index contributed by atoms with van der Waals surface area (Å²) in [6, 6.07) is 4.26. The van der Waals surface area contributed by atoms with Gasteiger partial charge in [-0.2, -0.15) is 0 Å². The maximum atomic E-state index is 5.62. The summed E-state index contributed by atoms with van der Waals surface area (Å²) in [5.74, 6) is 0.880. The molecule has 0 spiro atoms. The molecule has 3 nitrogen and oxygen atoms in total. The number of nitrogens with one attached hydrogen (secondary N) is 1. The van der Waals surface area contributed by atoms with E-state index in [4.69, 9.17) is 4.74 Å². The van der Waals surface area contributed by atoms with Crippen LogP contribution >= 0.6 is 31.9 Å². The Morgan fingerprint density at radius 3 is 2.29 bits per heavy atom. The summed E-state index contributed by atoms with van der Waals surface area (Å²) in [6.45, 7) is 4.58. The summed E-state index contributed by atoms with van der Waals surface area (Å²) in [7, 11) is 4.37. The lowest BCUT2D eigenvalue weighted by atomic mass is 9.75. The molecule has 1 aliphatic rings. The summed E-state index contributed by atoms with van der Waals surface area (Å²) in [6.07, 6.45) is 3.94. The molecule has 1 saturated carbocycles. The predicted molar refractivity (Wildman–Crippen MR) is 95.0 cm³/mol. The summed E-state index contributed by atoms with van der Waals surface area (Å²) < 4.78 is 7.62. The quantitative estimate of drug-likeness (QED) is 0.717. The van der Waals surface area contributed by atoms with Crippen LogP contribution in [-0.4, -0.2) is 37.7 Å². The van der Waals surface area contributed by atoms with Gasteiger partial charge in [0.1, 0.15) is 5.75 Å². The van der Waals surface area contributed by atoms with Crippen LogP contribution in [-0.2, 0) is 6.54 Å². The number of hydrogen-bond acceptors (Lipinski definition) is 3. The summed E-state index contributed by atoms with van der Waals surface area (Å²) in [4.78, 5) is 2.37. The number of rotatable bonds is 7. The molecule has 0 saturated heterocycles. The van der Waals surface area contributed by atoms with Crippen molar-refractivity contribution in [2.75, 3.05) is 27.2 Å². The van der Waals surface area contributed by atoms with Crippen LogP contribution < -0.4 is 10.1 Å². The van der Waals surface area contributed by atoms with E-state index in [0.29, 0.717) is 12.1 Å². The first-order valence-electron chi connectivity index (χ1n) is 7.47. The molecule has 1 N–H and O–H groups in total. The standard InChI is InChI=1S/C16H24Br2N2O/c1-4-21-15-13(17)8-12(9-14(15)18)10-19-11-16(20(2)3)6-5-7-16/h8-9,19H,4-7,10-11H2,1-3H3. The van der Waals surface area contributed by atoms with Crippen molar-refractivity contribution < 1.29 is 4.74 Å². The van der Waals surface area contributed by atoms with E-state index in [1.54, 1.807) is 0 Å². The lowest BCUT2D eigenvalue weighted by molar-refractivity contribution is 0.0598. The van der Waals surface area contributed by atoms with E-state index in [1.807, 2.05) is 6.92 Å². The zero-order valence-electron chi connectivity index (χ0n) is 13.0. The third-order valence-electron chi connectivity index (χ3n) is 4.36. The van der Waals surface area contributed by atoms with E-state index in [1.165, 1.54) is 24.8 Å². The van der Waals surface area contributed by atoms with Gasteiger partial charge >= 0.3 is 0 Å². The van der Waals surface area contributed by atoms with Crippen molar-refractivity contribution in [2.24, 2.45) is 0 Å². The zero-order chi connectivity index (χ0) is 15.5. The molecule has 1 aliphatic carbocycles. The molecule has 0 unspecified atom stereocenters. The number of nitrogens with zero attached hydrogens (tertiary/aromatic N) is 1. The Hall–Kier alpha value is -0.100. The second-order valence-corrected chi connectivity index (χ2v) is 7.61. The van der Waals surface area contributed by atoms with Crippen LogP contribution in [0, 0.1) is 0 Å². The van der Waals surface area contributed by atoms with Crippen molar-refractivity contribution >= 4 is 31.9 Å². The third-order valence-corrected chi connectivity index (χ3v) is 5.54. The number of likely N-dealkylation sites (N-methyl/N-ethyl adjacent to an activating group) is 1. The Morgan fingerprint density at radius 1 is 1.24 bits per heavy atom. The fourth-order valence-electron chi connectivity index (χ4n) is 2.80.